The van der Waals surface area contributed by atoms with Gasteiger partial charge < -0.3 is 14.6 Å². The van der Waals surface area contributed by atoms with Gasteiger partial charge in [0.05, 0.1) is 13.7 Å². The zero-order valence-electron chi connectivity index (χ0n) is 12.1. The van der Waals surface area contributed by atoms with E-state index >= 15 is 0 Å². The van der Waals surface area contributed by atoms with Gasteiger partial charge in [-0.2, -0.15) is 0 Å². The minimum absolute atomic E-state index is 0.0161. The molecule has 0 radical (unpaired) electrons. The molecular formula is C17H18O4. The van der Waals surface area contributed by atoms with Gasteiger partial charge in [0, 0.05) is 17.9 Å². The van der Waals surface area contributed by atoms with Crippen molar-refractivity contribution in [2.75, 3.05) is 13.7 Å². The quantitative estimate of drug-likeness (QED) is 0.908. The van der Waals surface area contributed by atoms with E-state index in [9.17, 15) is 9.90 Å². The molecule has 1 aliphatic carbocycles. The Hall–Kier alpha value is -2.23. The summed E-state index contributed by atoms with van der Waals surface area (Å²) in [6, 6.07) is 3.77. The van der Waals surface area contributed by atoms with Crippen molar-refractivity contribution in [3.8, 4) is 11.5 Å². The number of methoxy groups -OCH3 is 1. The van der Waals surface area contributed by atoms with Crippen molar-refractivity contribution in [1.29, 1.82) is 0 Å². The minimum Gasteiger partial charge on any atom is -0.504 e. The highest BCUT2D eigenvalue weighted by Gasteiger charge is 2.29. The van der Waals surface area contributed by atoms with Crippen LogP contribution in [-0.4, -0.2) is 24.6 Å². The lowest BCUT2D eigenvalue weighted by Crippen LogP contribution is -2.24. The van der Waals surface area contributed by atoms with Crippen LogP contribution >= 0.6 is 0 Å². The molecule has 1 aromatic carbocycles. The number of benzene rings is 1. The topological polar surface area (TPSA) is 55.8 Å². The number of ether oxygens (including phenoxy) is 2. The van der Waals surface area contributed by atoms with Crippen LogP contribution in [0.4, 0.5) is 0 Å². The Bertz CT molecular complexity index is 619. The van der Waals surface area contributed by atoms with Crippen LogP contribution in [0.1, 0.15) is 23.5 Å². The van der Waals surface area contributed by atoms with Gasteiger partial charge in [-0.05, 0) is 36.6 Å². The summed E-state index contributed by atoms with van der Waals surface area (Å²) in [5.74, 6) is 1.75. The molecule has 2 atom stereocenters. The van der Waals surface area contributed by atoms with Crippen LogP contribution in [0, 0.1) is 12.8 Å². The Morgan fingerprint density at radius 3 is 2.90 bits per heavy atom. The largest absolute Gasteiger partial charge is 0.504 e. The molecule has 21 heavy (non-hydrogen) atoms. The summed E-state index contributed by atoms with van der Waals surface area (Å²) in [7, 11) is 1.55. The fourth-order valence-corrected chi connectivity index (χ4v) is 3.03. The summed E-state index contributed by atoms with van der Waals surface area (Å²) in [5.41, 5.74) is 1.94. The second kappa shape index (κ2) is 5.28. The van der Waals surface area contributed by atoms with E-state index in [4.69, 9.17) is 9.47 Å². The van der Waals surface area contributed by atoms with Crippen LogP contribution < -0.4 is 4.74 Å². The number of carbonyl (C=O) groups is 1. The van der Waals surface area contributed by atoms with Gasteiger partial charge in [-0.15, -0.1) is 0 Å². The maximum atomic E-state index is 11.3. The van der Waals surface area contributed by atoms with Gasteiger partial charge in [0.2, 0.25) is 0 Å². The number of hydrogen-bond donors (Lipinski definition) is 1. The molecule has 1 heterocycles. The molecule has 4 nitrogen and oxygen atoms in total. The average molecular weight is 286 g/mol. The van der Waals surface area contributed by atoms with Crippen LogP contribution in [-0.2, 0) is 9.53 Å². The van der Waals surface area contributed by atoms with E-state index in [0.29, 0.717) is 12.4 Å². The van der Waals surface area contributed by atoms with Gasteiger partial charge in [0.15, 0.2) is 17.3 Å². The number of aromatic hydroxyl groups is 1. The summed E-state index contributed by atoms with van der Waals surface area (Å²) < 4.78 is 10.9. The van der Waals surface area contributed by atoms with Crippen molar-refractivity contribution in [1.82, 2.24) is 0 Å². The number of hydrogen-bond acceptors (Lipinski definition) is 4. The summed E-state index contributed by atoms with van der Waals surface area (Å²) in [6.45, 7) is 2.44. The average Bonchev–Trinajstić information content (AvgIpc) is 2.46. The maximum Gasteiger partial charge on any atom is 0.181 e. The number of phenols is 1. The number of allylic oxidation sites excluding steroid dienone is 3. The van der Waals surface area contributed by atoms with Gasteiger partial charge in [0.25, 0.3) is 0 Å². The standard InChI is InChI=1S/C17H18O4/c1-10-5-12(7-15(19)17(10)20-2)13-6-11-3-4-14(18)8-16(11)21-9-13/h3-5,7-8,11,13,19H,6,9H2,1-2H3/t11-,13-/m1/s1. The zero-order valence-corrected chi connectivity index (χ0v) is 12.1. The van der Waals surface area contributed by atoms with E-state index in [2.05, 4.69) is 0 Å². The third-order valence-corrected chi connectivity index (χ3v) is 4.09. The first-order chi connectivity index (χ1) is 10.1. The summed E-state index contributed by atoms with van der Waals surface area (Å²) in [6.07, 6.45) is 5.94. The lowest BCUT2D eigenvalue weighted by molar-refractivity contribution is -0.110. The molecule has 1 N–H and O–H groups in total. The van der Waals surface area contributed by atoms with Crippen LogP contribution in [0.15, 0.2) is 36.1 Å². The molecule has 2 aliphatic rings. The second-order valence-electron chi connectivity index (χ2n) is 5.55. The molecule has 110 valence electrons. The molecule has 0 amide bonds. The number of phenolic OH excluding ortho intramolecular Hbond substituents is 1. The van der Waals surface area contributed by atoms with Gasteiger partial charge in [-0.25, -0.2) is 0 Å². The fourth-order valence-electron chi connectivity index (χ4n) is 3.03. The molecule has 4 heteroatoms. The SMILES string of the molecule is COc1c(C)cc([C@H]2COC3=CC(=O)C=C[C@@H]3C2)cc1O. The van der Waals surface area contributed by atoms with Gasteiger partial charge in [-0.3, -0.25) is 4.79 Å². The monoisotopic (exact) mass is 286 g/mol. The highest BCUT2D eigenvalue weighted by atomic mass is 16.5. The van der Waals surface area contributed by atoms with Crippen LogP contribution in [0.25, 0.3) is 0 Å². The molecular weight excluding hydrogens is 268 g/mol. The predicted octanol–water partition coefficient (Wildman–Crippen LogP) is 2.85. The number of rotatable bonds is 2. The van der Waals surface area contributed by atoms with Crippen molar-refractivity contribution >= 4 is 5.78 Å². The Kier molecular flexibility index (Phi) is 3.45. The molecule has 3 rings (SSSR count). The second-order valence-corrected chi connectivity index (χ2v) is 5.55. The van der Waals surface area contributed by atoms with Crippen LogP contribution in [0.3, 0.4) is 0 Å². The van der Waals surface area contributed by atoms with Crippen LogP contribution in [0.2, 0.25) is 0 Å². The molecule has 1 aliphatic heterocycles. The van der Waals surface area contributed by atoms with Crippen molar-refractivity contribution in [2.45, 2.75) is 19.3 Å². The highest BCUT2D eigenvalue weighted by molar-refractivity contribution is 6.00. The minimum atomic E-state index is -0.0161. The predicted molar refractivity (Wildman–Crippen MR) is 78.4 cm³/mol. The number of carbonyl (C=O) groups excluding carboxylic acids is 1. The molecule has 0 aromatic heterocycles. The van der Waals surface area contributed by atoms with Gasteiger partial charge in [-0.1, -0.05) is 12.1 Å². The molecule has 1 saturated heterocycles. The van der Waals surface area contributed by atoms with Crippen molar-refractivity contribution in [3.05, 3.63) is 47.2 Å². The molecule has 0 unspecified atom stereocenters. The Morgan fingerprint density at radius 1 is 1.38 bits per heavy atom. The van der Waals surface area contributed by atoms with Crippen molar-refractivity contribution < 1.29 is 19.4 Å². The van der Waals surface area contributed by atoms with E-state index < -0.39 is 0 Å². The van der Waals surface area contributed by atoms with Crippen molar-refractivity contribution in [3.63, 3.8) is 0 Å². The normalized spacial score (nSPS) is 24.1. The smallest absolute Gasteiger partial charge is 0.181 e. The number of aryl methyl sites for hydroxylation is 1. The first-order valence-corrected chi connectivity index (χ1v) is 7.02. The lowest BCUT2D eigenvalue weighted by atomic mass is 9.83. The highest BCUT2D eigenvalue weighted by Crippen LogP contribution is 2.40. The molecule has 0 spiro atoms. The maximum absolute atomic E-state index is 11.3. The van der Waals surface area contributed by atoms with E-state index in [1.54, 1.807) is 25.3 Å². The van der Waals surface area contributed by atoms with E-state index in [0.717, 1.165) is 23.3 Å². The van der Waals surface area contributed by atoms with E-state index in [1.165, 1.54) is 0 Å². The van der Waals surface area contributed by atoms with Gasteiger partial charge >= 0.3 is 0 Å². The Morgan fingerprint density at radius 2 is 2.19 bits per heavy atom. The third-order valence-electron chi connectivity index (χ3n) is 4.09. The summed E-state index contributed by atoms with van der Waals surface area (Å²) in [5, 5.41) is 10.0. The third kappa shape index (κ3) is 2.53. The molecule has 1 fully saturated rings. The summed E-state index contributed by atoms with van der Waals surface area (Å²) >= 11 is 0. The number of ketones is 1. The molecule has 0 saturated carbocycles. The lowest BCUT2D eigenvalue weighted by Gasteiger charge is -2.32. The van der Waals surface area contributed by atoms with E-state index in [-0.39, 0.29) is 23.4 Å². The summed E-state index contributed by atoms with van der Waals surface area (Å²) in [4.78, 5) is 11.3. The molecule has 0 bridgehead atoms. The Labute approximate surface area is 123 Å². The zero-order chi connectivity index (χ0) is 15.0. The first-order valence-electron chi connectivity index (χ1n) is 7.02. The Balaban J connectivity index is 1.85. The number of fused-ring (bicyclic) bond motifs is 1. The van der Waals surface area contributed by atoms with Crippen LogP contribution in [0.5, 0.6) is 11.5 Å². The first kappa shape index (κ1) is 13.7. The van der Waals surface area contributed by atoms with Crippen molar-refractivity contribution in [2.24, 2.45) is 5.92 Å². The van der Waals surface area contributed by atoms with E-state index in [1.807, 2.05) is 19.1 Å². The molecule has 1 aromatic rings. The fraction of sp³-hybridized carbons (Fsp3) is 0.353. The van der Waals surface area contributed by atoms with Gasteiger partial charge in [0.1, 0.15) is 5.76 Å².